The second kappa shape index (κ2) is 5.73. The predicted octanol–water partition coefficient (Wildman–Crippen LogP) is 1.79. The average Bonchev–Trinajstić information content (AvgIpc) is 2.84. The zero-order chi connectivity index (χ0) is 14.7. The quantitative estimate of drug-likeness (QED) is 0.775. The van der Waals surface area contributed by atoms with Crippen LogP contribution in [-0.4, -0.2) is 33.2 Å². The van der Waals surface area contributed by atoms with Crippen molar-refractivity contribution < 1.29 is 14.7 Å². The molecule has 0 saturated heterocycles. The van der Waals surface area contributed by atoms with Gasteiger partial charge in [0.15, 0.2) is 0 Å². The number of fused-ring (bicyclic) bond motifs is 1. The highest BCUT2D eigenvalue weighted by molar-refractivity contribution is 5.99. The molecule has 1 atom stereocenters. The Morgan fingerprint density at radius 2 is 2.15 bits per heavy atom. The number of nitrogens with one attached hydrogen (secondary N) is 2. The zero-order valence-electron chi connectivity index (χ0n) is 11.4. The number of H-pyrrole nitrogens is 1. The minimum absolute atomic E-state index is 0.187. The molecule has 0 aliphatic heterocycles. The monoisotopic (exact) mass is 275 g/mol. The molecule has 106 valence electrons. The number of carboxylic acid groups (broad SMARTS) is 1. The van der Waals surface area contributed by atoms with Gasteiger partial charge in [0, 0.05) is 10.9 Å². The molecule has 2 rings (SSSR count). The number of hydrogen-bond acceptors (Lipinski definition) is 3. The Kier molecular flexibility index (Phi) is 4.02. The molecule has 0 fully saturated rings. The Morgan fingerprint density at radius 1 is 1.40 bits per heavy atom. The lowest BCUT2D eigenvalue weighted by atomic mass is 10.0. The second-order valence-corrected chi connectivity index (χ2v) is 5.17. The third kappa shape index (κ3) is 3.14. The molecule has 6 nitrogen and oxygen atoms in total. The maximum absolute atomic E-state index is 12.1. The van der Waals surface area contributed by atoms with Crippen LogP contribution in [0.3, 0.4) is 0 Å². The van der Waals surface area contributed by atoms with Gasteiger partial charge < -0.3 is 10.4 Å². The SMILES string of the molecule is CC(C)CC(NC(=O)c1ccc2cn[nH]c2c1)C(=O)O. The van der Waals surface area contributed by atoms with Crippen LogP contribution in [0.4, 0.5) is 0 Å². The summed E-state index contributed by atoms with van der Waals surface area (Å²) >= 11 is 0. The van der Waals surface area contributed by atoms with Crippen LogP contribution in [0.25, 0.3) is 10.9 Å². The van der Waals surface area contributed by atoms with Crippen LogP contribution < -0.4 is 5.32 Å². The summed E-state index contributed by atoms with van der Waals surface area (Å²) in [6.45, 7) is 3.83. The predicted molar refractivity (Wildman–Crippen MR) is 74.4 cm³/mol. The van der Waals surface area contributed by atoms with Crippen LogP contribution in [0.5, 0.6) is 0 Å². The van der Waals surface area contributed by atoms with Crippen molar-refractivity contribution in [2.75, 3.05) is 0 Å². The van der Waals surface area contributed by atoms with E-state index in [0.29, 0.717) is 12.0 Å². The lowest BCUT2D eigenvalue weighted by Gasteiger charge is -2.16. The normalized spacial score (nSPS) is 12.6. The van der Waals surface area contributed by atoms with Gasteiger partial charge in [-0.25, -0.2) is 4.79 Å². The summed E-state index contributed by atoms with van der Waals surface area (Å²) < 4.78 is 0. The van der Waals surface area contributed by atoms with E-state index in [1.54, 1.807) is 24.4 Å². The molecule has 1 aromatic carbocycles. The molecule has 0 aliphatic carbocycles. The molecule has 1 heterocycles. The van der Waals surface area contributed by atoms with E-state index in [9.17, 15) is 9.59 Å². The molecule has 3 N–H and O–H groups in total. The first-order valence-corrected chi connectivity index (χ1v) is 6.44. The van der Waals surface area contributed by atoms with Crippen LogP contribution in [0.15, 0.2) is 24.4 Å². The topological polar surface area (TPSA) is 95.1 Å². The maximum atomic E-state index is 12.1. The minimum Gasteiger partial charge on any atom is -0.480 e. The Labute approximate surface area is 116 Å². The van der Waals surface area contributed by atoms with E-state index in [4.69, 9.17) is 5.11 Å². The first kappa shape index (κ1) is 14.0. The summed E-state index contributed by atoms with van der Waals surface area (Å²) in [5.41, 5.74) is 1.16. The highest BCUT2D eigenvalue weighted by atomic mass is 16.4. The minimum atomic E-state index is -1.02. The number of hydrogen-bond donors (Lipinski definition) is 3. The van der Waals surface area contributed by atoms with Gasteiger partial charge in [-0.1, -0.05) is 19.9 Å². The molecule has 0 spiro atoms. The van der Waals surface area contributed by atoms with E-state index in [1.807, 2.05) is 13.8 Å². The van der Waals surface area contributed by atoms with Crippen LogP contribution in [-0.2, 0) is 4.79 Å². The van der Waals surface area contributed by atoms with Crippen molar-refractivity contribution in [3.05, 3.63) is 30.0 Å². The van der Waals surface area contributed by atoms with Crippen molar-refractivity contribution in [1.82, 2.24) is 15.5 Å². The van der Waals surface area contributed by atoms with E-state index in [1.165, 1.54) is 0 Å². The van der Waals surface area contributed by atoms with Gasteiger partial charge in [0.1, 0.15) is 6.04 Å². The van der Waals surface area contributed by atoms with E-state index in [2.05, 4.69) is 15.5 Å². The molecular weight excluding hydrogens is 258 g/mol. The number of rotatable bonds is 5. The molecule has 0 saturated carbocycles. The van der Waals surface area contributed by atoms with Gasteiger partial charge >= 0.3 is 5.97 Å². The zero-order valence-corrected chi connectivity index (χ0v) is 11.4. The lowest BCUT2D eigenvalue weighted by molar-refractivity contribution is -0.139. The standard InChI is InChI=1S/C14H17N3O3/c1-8(2)5-12(14(19)20)16-13(18)9-3-4-10-7-15-17-11(10)6-9/h3-4,6-8,12H,5H2,1-2H3,(H,15,17)(H,16,18)(H,19,20). The number of carbonyl (C=O) groups is 2. The number of carbonyl (C=O) groups excluding carboxylic acids is 1. The lowest BCUT2D eigenvalue weighted by Crippen LogP contribution is -2.41. The first-order valence-electron chi connectivity index (χ1n) is 6.44. The van der Waals surface area contributed by atoms with E-state index < -0.39 is 17.9 Å². The van der Waals surface area contributed by atoms with Crippen LogP contribution >= 0.6 is 0 Å². The maximum Gasteiger partial charge on any atom is 0.326 e. The number of aliphatic carboxylic acids is 1. The molecular formula is C14H17N3O3. The molecule has 6 heteroatoms. The molecule has 0 aliphatic rings. The molecule has 0 radical (unpaired) electrons. The van der Waals surface area contributed by atoms with Gasteiger partial charge in [-0.3, -0.25) is 9.89 Å². The Morgan fingerprint density at radius 3 is 2.80 bits per heavy atom. The van der Waals surface area contributed by atoms with Gasteiger partial charge in [-0.15, -0.1) is 0 Å². The highest BCUT2D eigenvalue weighted by Gasteiger charge is 2.21. The number of amides is 1. The fraction of sp³-hybridized carbons (Fsp3) is 0.357. The van der Waals surface area contributed by atoms with Crippen molar-refractivity contribution in [3.8, 4) is 0 Å². The van der Waals surface area contributed by atoms with Crippen LogP contribution in [0.2, 0.25) is 0 Å². The number of carboxylic acids is 1. The third-order valence-corrected chi connectivity index (χ3v) is 3.01. The summed E-state index contributed by atoms with van der Waals surface area (Å²) in [6, 6.07) is 4.21. The summed E-state index contributed by atoms with van der Waals surface area (Å²) in [5.74, 6) is -1.23. The fourth-order valence-corrected chi connectivity index (χ4v) is 2.01. The molecule has 20 heavy (non-hydrogen) atoms. The first-order chi connectivity index (χ1) is 9.47. The molecule has 2 aromatic rings. The second-order valence-electron chi connectivity index (χ2n) is 5.17. The smallest absolute Gasteiger partial charge is 0.326 e. The van der Waals surface area contributed by atoms with Gasteiger partial charge in [0.05, 0.1) is 11.7 Å². The van der Waals surface area contributed by atoms with Crippen LogP contribution in [0, 0.1) is 5.92 Å². The van der Waals surface area contributed by atoms with Crippen molar-refractivity contribution in [3.63, 3.8) is 0 Å². The van der Waals surface area contributed by atoms with Gasteiger partial charge in [0.25, 0.3) is 5.91 Å². The van der Waals surface area contributed by atoms with E-state index in [-0.39, 0.29) is 5.92 Å². The van der Waals surface area contributed by atoms with Gasteiger partial charge in [-0.05, 0) is 24.5 Å². The summed E-state index contributed by atoms with van der Waals surface area (Å²) in [6.07, 6.45) is 2.06. The number of benzene rings is 1. The van der Waals surface area contributed by atoms with E-state index >= 15 is 0 Å². The Bertz CT molecular complexity index is 633. The number of nitrogens with zero attached hydrogens (tertiary/aromatic N) is 1. The molecule has 1 aromatic heterocycles. The largest absolute Gasteiger partial charge is 0.480 e. The fourth-order valence-electron chi connectivity index (χ4n) is 2.01. The highest BCUT2D eigenvalue weighted by Crippen LogP contribution is 2.13. The van der Waals surface area contributed by atoms with Crippen LogP contribution in [0.1, 0.15) is 30.6 Å². The van der Waals surface area contributed by atoms with E-state index in [0.717, 1.165) is 10.9 Å². The van der Waals surface area contributed by atoms with Crippen molar-refractivity contribution in [2.24, 2.45) is 5.92 Å². The summed E-state index contributed by atoms with van der Waals surface area (Å²) in [4.78, 5) is 23.2. The number of aromatic amines is 1. The Balaban J connectivity index is 2.15. The third-order valence-electron chi connectivity index (χ3n) is 3.01. The number of aromatic nitrogens is 2. The summed E-state index contributed by atoms with van der Waals surface area (Å²) in [7, 11) is 0. The molecule has 1 amide bonds. The summed E-state index contributed by atoms with van der Waals surface area (Å²) in [5, 5.41) is 19.2. The Hall–Kier alpha value is -2.37. The van der Waals surface area contributed by atoms with Gasteiger partial charge in [-0.2, -0.15) is 5.10 Å². The van der Waals surface area contributed by atoms with Gasteiger partial charge in [0.2, 0.25) is 0 Å². The average molecular weight is 275 g/mol. The van der Waals surface area contributed by atoms with Crippen molar-refractivity contribution in [1.29, 1.82) is 0 Å². The van der Waals surface area contributed by atoms with Crippen molar-refractivity contribution >= 4 is 22.8 Å². The molecule has 0 bridgehead atoms. The molecule has 1 unspecified atom stereocenters. The van der Waals surface area contributed by atoms with Crippen molar-refractivity contribution in [2.45, 2.75) is 26.3 Å².